The molecule has 0 atom stereocenters. The Bertz CT molecular complexity index is 758. The van der Waals surface area contributed by atoms with Crippen LogP contribution in [0.25, 0.3) is 10.8 Å². The highest BCUT2D eigenvalue weighted by molar-refractivity contribution is 5.87. The summed E-state index contributed by atoms with van der Waals surface area (Å²) in [4.78, 5) is 0. The first-order valence-electron chi connectivity index (χ1n) is 6.96. The average Bonchev–Trinajstić information content (AvgIpc) is 2.83. The zero-order valence-corrected chi connectivity index (χ0v) is 12.2. The molecule has 0 amide bonds. The number of fused-ring (bicyclic) bond motifs is 1. The summed E-state index contributed by atoms with van der Waals surface area (Å²) in [6.45, 7) is 4.69. The Balaban J connectivity index is 1.94. The number of nitrogens with zero attached hydrogens (tertiary/aromatic N) is 1. The lowest BCUT2D eigenvalue weighted by atomic mass is 10.0. The first-order valence-corrected chi connectivity index (χ1v) is 6.96. The molecule has 4 nitrogen and oxygen atoms in total. The predicted molar refractivity (Wildman–Crippen MR) is 82.1 cm³/mol. The van der Waals surface area contributed by atoms with Crippen molar-refractivity contribution in [1.29, 1.82) is 0 Å². The molecule has 0 spiro atoms. The zero-order chi connectivity index (χ0) is 14.8. The van der Waals surface area contributed by atoms with Gasteiger partial charge < -0.3 is 15.0 Å². The number of hydrogen-bond donors (Lipinski definition) is 1. The van der Waals surface area contributed by atoms with E-state index >= 15 is 0 Å². The van der Waals surface area contributed by atoms with Crippen LogP contribution >= 0.6 is 0 Å². The first-order chi connectivity index (χ1) is 10.2. The lowest BCUT2D eigenvalue weighted by Crippen LogP contribution is -2.04. The summed E-state index contributed by atoms with van der Waals surface area (Å²) in [5.74, 6) is 1.61. The second kappa shape index (κ2) is 5.58. The van der Waals surface area contributed by atoms with E-state index in [0.717, 1.165) is 33.7 Å². The van der Waals surface area contributed by atoms with Crippen molar-refractivity contribution in [2.75, 3.05) is 0 Å². The molecule has 0 unspecified atom stereocenters. The van der Waals surface area contributed by atoms with E-state index in [1.165, 1.54) is 5.39 Å². The standard InChI is InChI=1S/C17H18N2O2/c1-11-16(12(2)21-19-11)10-20-17-8-7-13-5-3-4-6-14(13)15(17)9-18/h3-8H,9-10,18H2,1-2H3. The van der Waals surface area contributed by atoms with Crippen LogP contribution in [0.1, 0.15) is 22.6 Å². The monoisotopic (exact) mass is 282 g/mol. The Kier molecular flexibility index (Phi) is 3.62. The van der Waals surface area contributed by atoms with Crippen molar-refractivity contribution >= 4 is 10.8 Å². The number of ether oxygens (including phenoxy) is 1. The van der Waals surface area contributed by atoms with E-state index < -0.39 is 0 Å². The maximum absolute atomic E-state index is 5.96. The fourth-order valence-electron chi connectivity index (χ4n) is 2.52. The van der Waals surface area contributed by atoms with Crippen LogP contribution in [-0.2, 0) is 13.2 Å². The minimum Gasteiger partial charge on any atom is -0.488 e. The summed E-state index contributed by atoms with van der Waals surface area (Å²) in [5.41, 5.74) is 8.80. The highest BCUT2D eigenvalue weighted by Crippen LogP contribution is 2.28. The van der Waals surface area contributed by atoms with E-state index in [1.54, 1.807) is 0 Å². The van der Waals surface area contributed by atoms with Gasteiger partial charge in [-0.15, -0.1) is 0 Å². The number of hydrogen-bond acceptors (Lipinski definition) is 4. The van der Waals surface area contributed by atoms with Crippen LogP contribution in [0.4, 0.5) is 0 Å². The number of benzene rings is 2. The highest BCUT2D eigenvalue weighted by atomic mass is 16.5. The van der Waals surface area contributed by atoms with Crippen molar-refractivity contribution in [2.45, 2.75) is 27.0 Å². The van der Waals surface area contributed by atoms with E-state index in [4.69, 9.17) is 15.0 Å². The predicted octanol–water partition coefficient (Wildman–Crippen LogP) is 3.48. The van der Waals surface area contributed by atoms with Crippen LogP contribution in [0.3, 0.4) is 0 Å². The Hall–Kier alpha value is -2.33. The molecule has 21 heavy (non-hydrogen) atoms. The van der Waals surface area contributed by atoms with Crippen LogP contribution in [0.2, 0.25) is 0 Å². The molecule has 0 aliphatic carbocycles. The lowest BCUT2D eigenvalue weighted by molar-refractivity contribution is 0.299. The van der Waals surface area contributed by atoms with Crippen LogP contribution in [0.15, 0.2) is 40.9 Å². The normalized spacial score (nSPS) is 11.0. The quantitative estimate of drug-likeness (QED) is 0.795. The third-order valence-electron chi connectivity index (χ3n) is 3.75. The molecule has 3 aromatic rings. The van der Waals surface area contributed by atoms with Gasteiger partial charge in [0.15, 0.2) is 0 Å². The molecule has 108 valence electrons. The summed E-state index contributed by atoms with van der Waals surface area (Å²) in [6, 6.07) is 12.2. The van der Waals surface area contributed by atoms with Crippen molar-refractivity contribution in [3.8, 4) is 5.75 Å². The number of aryl methyl sites for hydroxylation is 2. The van der Waals surface area contributed by atoms with Gasteiger partial charge in [0.25, 0.3) is 0 Å². The summed E-state index contributed by atoms with van der Waals surface area (Å²) in [5, 5.41) is 6.25. The van der Waals surface area contributed by atoms with E-state index in [9.17, 15) is 0 Å². The molecule has 0 fully saturated rings. The van der Waals surface area contributed by atoms with Crippen molar-refractivity contribution in [2.24, 2.45) is 5.73 Å². The van der Waals surface area contributed by atoms with Gasteiger partial charge in [0.2, 0.25) is 0 Å². The van der Waals surface area contributed by atoms with E-state index in [2.05, 4.69) is 23.4 Å². The minimum absolute atomic E-state index is 0.437. The topological polar surface area (TPSA) is 61.3 Å². The van der Waals surface area contributed by atoms with Gasteiger partial charge in [0, 0.05) is 12.1 Å². The van der Waals surface area contributed by atoms with Gasteiger partial charge in [0.1, 0.15) is 18.1 Å². The molecule has 0 bridgehead atoms. The fourth-order valence-corrected chi connectivity index (χ4v) is 2.52. The molecule has 2 N–H and O–H groups in total. The van der Waals surface area contributed by atoms with Gasteiger partial charge in [0.05, 0.1) is 11.3 Å². The Labute approximate surface area is 123 Å². The van der Waals surface area contributed by atoms with Crippen LogP contribution in [0.5, 0.6) is 5.75 Å². The number of nitrogens with two attached hydrogens (primary N) is 1. The Morgan fingerprint density at radius 2 is 1.90 bits per heavy atom. The summed E-state index contributed by atoms with van der Waals surface area (Å²) in [6.07, 6.45) is 0. The number of aromatic nitrogens is 1. The van der Waals surface area contributed by atoms with E-state index in [1.807, 2.05) is 32.0 Å². The fraction of sp³-hybridized carbons (Fsp3) is 0.235. The van der Waals surface area contributed by atoms with Gasteiger partial charge in [-0.2, -0.15) is 0 Å². The maximum Gasteiger partial charge on any atom is 0.140 e. The summed E-state index contributed by atoms with van der Waals surface area (Å²) < 4.78 is 11.1. The summed E-state index contributed by atoms with van der Waals surface area (Å²) >= 11 is 0. The molecular weight excluding hydrogens is 264 g/mol. The molecule has 1 aromatic heterocycles. The largest absolute Gasteiger partial charge is 0.488 e. The van der Waals surface area contributed by atoms with Gasteiger partial charge in [-0.1, -0.05) is 35.5 Å². The molecule has 4 heteroatoms. The molecule has 0 saturated carbocycles. The Morgan fingerprint density at radius 3 is 2.62 bits per heavy atom. The molecule has 2 aromatic carbocycles. The zero-order valence-electron chi connectivity index (χ0n) is 12.2. The summed E-state index contributed by atoms with van der Waals surface area (Å²) in [7, 11) is 0. The third kappa shape index (κ3) is 2.50. The van der Waals surface area contributed by atoms with Crippen LogP contribution < -0.4 is 10.5 Å². The second-order valence-electron chi connectivity index (χ2n) is 5.06. The minimum atomic E-state index is 0.437. The molecule has 1 heterocycles. The molecule has 0 aliphatic heterocycles. The van der Waals surface area contributed by atoms with Crippen molar-refractivity contribution in [3.63, 3.8) is 0 Å². The molecule has 0 saturated heterocycles. The molecular formula is C17H18N2O2. The van der Waals surface area contributed by atoms with E-state index in [0.29, 0.717) is 13.2 Å². The Morgan fingerprint density at radius 1 is 1.10 bits per heavy atom. The van der Waals surface area contributed by atoms with E-state index in [-0.39, 0.29) is 0 Å². The van der Waals surface area contributed by atoms with Crippen LogP contribution in [-0.4, -0.2) is 5.16 Å². The SMILES string of the molecule is Cc1noc(C)c1COc1ccc2ccccc2c1CN. The van der Waals surface area contributed by atoms with Gasteiger partial charge in [-0.3, -0.25) is 0 Å². The first kappa shape index (κ1) is 13.6. The molecule has 3 rings (SSSR count). The van der Waals surface area contributed by atoms with Crippen LogP contribution in [0, 0.1) is 13.8 Å². The second-order valence-corrected chi connectivity index (χ2v) is 5.06. The van der Waals surface area contributed by atoms with Crippen molar-refractivity contribution in [3.05, 3.63) is 59.0 Å². The maximum atomic E-state index is 5.96. The highest BCUT2D eigenvalue weighted by Gasteiger charge is 2.12. The van der Waals surface area contributed by atoms with Crippen molar-refractivity contribution < 1.29 is 9.26 Å². The molecule has 0 aliphatic rings. The lowest BCUT2D eigenvalue weighted by Gasteiger charge is -2.13. The molecule has 0 radical (unpaired) electrons. The third-order valence-corrected chi connectivity index (χ3v) is 3.75. The average molecular weight is 282 g/mol. The van der Waals surface area contributed by atoms with Gasteiger partial charge in [-0.05, 0) is 30.7 Å². The van der Waals surface area contributed by atoms with Crippen molar-refractivity contribution in [1.82, 2.24) is 5.16 Å². The van der Waals surface area contributed by atoms with Gasteiger partial charge in [-0.25, -0.2) is 0 Å². The number of rotatable bonds is 4. The smallest absolute Gasteiger partial charge is 0.140 e. The van der Waals surface area contributed by atoms with Gasteiger partial charge >= 0.3 is 0 Å².